The SMILES string of the molecule is CN1CCCC(N2CCN(c3cc(C(F)(F)F)nc(-c4ccccn4)n3)CC2)C1. The van der Waals surface area contributed by atoms with E-state index in [-0.39, 0.29) is 5.82 Å². The van der Waals surface area contributed by atoms with Crippen molar-refractivity contribution < 1.29 is 13.2 Å². The minimum Gasteiger partial charge on any atom is -0.354 e. The van der Waals surface area contributed by atoms with E-state index < -0.39 is 11.9 Å². The van der Waals surface area contributed by atoms with E-state index in [1.54, 1.807) is 18.2 Å². The molecule has 2 aliphatic rings. The second-order valence-electron chi connectivity index (χ2n) is 7.73. The number of hydrogen-bond donors (Lipinski definition) is 0. The number of likely N-dealkylation sites (N-methyl/N-ethyl adjacent to an activating group) is 1. The molecule has 1 unspecified atom stereocenters. The molecule has 29 heavy (non-hydrogen) atoms. The minimum atomic E-state index is -4.53. The zero-order chi connectivity index (χ0) is 20.4. The van der Waals surface area contributed by atoms with Crippen molar-refractivity contribution in [1.82, 2.24) is 24.8 Å². The van der Waals surface area contributed by atoms with Crippen molar-refractivity contribution in [1.29, 1.82) is 0 Å². The molecule has 2 aromatic rings. The number of pyridine rings is 1. The van der Waals surface area contributed by atoms with E-state index in [9.17, 15) is 13.2 Å². The maximum atomic E-state index is 13.4. The number of piperidine rings is 1. The molecule has 0 radical (unpaired) electrons. The van der Waals surface area contributed by atoms with Gasteiger partial charge in [0, 0.05) is 51.0 Å². The number of nitrogens with zero attached hydrogens (tertiary/aromatic N) is 6. The average Bonchev–Trinajstić information content (AvgIpc) is 2.73. The average molecular weight is 406 g/mol. The molecule has 0 spiro atoms. The number of likely N-dealkylation sites (tertiary alicyclic amines) is 1. The fourth-order valence-electron chi connectivity index (χ4n) is 4.10. The molecule has 2 aromatic heterocycles. The maximum Gasteiger partial charge on any atom is 0.433 e. The number of alkyl halides is 3. The summed E-state index contributed by atoms with van der Waals surface area (Å²) in [7, 11) is 2.14. The van der Waals surface area contributed by atoms with Crippen LogP contribution in [0.5, 0.6) is 0 Å². The van der Waals surface area contributed by atoms with Gasteiger partial charge in [0.2, 0.25) is 0 Å². The van der Waals surface area contributed by atoms with E-state index in [0.717, 1.165) is 32.2 Å². The monoisotopic (exact) mass is 406 g/mol. The number of anilines is 1. The second kappa shape index (κ2) is 8.23. The Kier molecular flexibility index (Phi) is 5.69. The maximum absolute atomic E-state index is 13.4. The normalized spacial score (nSPS) is 22.1. The molecule has 2 aliphatic heterocycles. The lowest BCUT2D eigenvalue weighted by atomic mass is 10.0. The smallest absolute Gasteiger partial charge is 0.354 e. The molecule has 0 N–H and O–H groups in total. The van der Waals surface area contributed by atoms with Crippen LogP contribution < -0.4 is 4.90 Å². The Balaban J connectivity index is 1.54. The van der Waals surface area contributed by atoms with Crippen LogP contribution in [0.1, 0.15) is 18.5 Å². The van der Waals surface area contributed by atoms with E-state index in [1.807, 2.05) is 4.90 Å². The van der Waals surface area contributed by atoms with Gasteiger partial charge in [0.05, 0.1) is 0 Å². The standard InChI is InChI=1S/C20H25F3N6/c1-27-8-4-5-15(14-27)28-9-11-29(12-10-28)18-13-17(20(21,22)23)25-19(26-18)16-6-2-3-7-24-16/h2-3,6-7,13,15H,4-5,8-12,14H2,1H3. The number of piperazine rings is 1. The largest absolute Gasteiger partial charge is 0.433 e. The van der Waals surface area contributed by atoms with Crippen LogP contribution >= 0.6 is 0 Å². The predicted octanol–water partition coefficient (Wildman–Crippen LogP) is 2.77. The summed E-state index contributed by atoms with van der Waals surface area (Å²) in [6.45, 7) is 5.13. The van der Waals surface area contributed by atoms with Crippen LogP contribution in [0, 0.1) is 0 Å². The third kappa shape index (κ3) is 4.67. The number of halogens is 3. The molecule has 0 saturated carbocycles. The number of rotatable bonds is 3. The van der Waals surface area contributed by atoms with E-state index in [1.165, 1.54) is 19.0 Å². The first-order valence-corrected chi connectivity index (χ1v) is 9.95. The van der Waals surface area contributed by atoms with E-state index >= 15 is 0 Å². The third-order valence-electron chi connectivity index (χ3n) is 5.65. The molecule has 0 aliphatic carbocycles. The second-order valence-corrected chi connectivity index (χ2v) is 7.73. The molecule has 1 atom stereocenters. The van der Waals surface area contributed by atoms with E-state index in [0.29, 0.717) is 30.6 Å². The van der Waals surface area contributed by atoms with E-state index in [2.05, 4.69) is 31.8 Å². The molecule has 2 saturated heterocycles. The summed E-state index contributed by atoms with van der Waals surface area (Å²) in [5.41, 5.74) is -0.594. The van der Waals surface area contributed by atoms with Gasteiger partial charge in [-0.1, -0.05) is 6.07 Å². The van der Waals surface area contributed by atoms with Crippen molar-refractivity contribution in [2.45, 2.75) is 25.1 Å². The molecule has 4 rings (SSSR count). The molecule has 0 amide bonds. The fourth-order valence-corrected chi connectivity index (χ4v) is 4.10. The van der Waals surface area contributed by atoms with Crippen molar-refractivity contribution in [3.05, 3.63) is 36.2 Å². The van der Waals surface area contributed by atoms with Crippen molar-refractivity contribution in [3.63, 3.8) is 0 Å². The zero-order valence-corrected chi connectivity index (χ0v) is 16.4. The lowest BCUT2D eigenvalue weighted by Gasteiger charge is -2.43. The Bertz CT molecular complexity index is 821. The Morgan fingerprint density at radius 1 is 1.03 bits per heavy atom. The minimum absolute atomic E-state index is 0.00626. The third-order valence-corrected chi connectivity index (χ3v) is 5.65. The quantitative estimate of drug-likeness (QED) is 0.781. The molecule has 156 valence electrons. The molecule has 9 heteroatoms. The lowest BCUT2D eigenvalue weighted by molar-refractivity contribution is -0.141. The Morgan fingerprint density at radius 3 is 2.48 bits per heavy atom. The highest BCUT2D eigenvalue weighted by molar-refractivity contribution is 5.54. The first-order valence-electron chi connectivity index (χ1n) is 9.95. The summed E-state index contributed by atoms with van der Waals surface area (Å²) in [5, 5.41) is 0. The van der Waals surface area contributed by atoms with Crippen LogP contribution in [-0.4, -0.2) is 77.1 Å². The summed E-state index contributed by atoms with van der Waals surface area (Å²) in [5.74, 6) is 0.320. The summed E-state index contributed by atoms with van der Waals surface area (Å²) >= 11 is 0. The Labute approximate surface area is 168 Å². The summed E-state index contributed by atoms with van der Waals surface area (Å²) < 4.78 is 40.3. The topological polar surface area (TPSA) is 48.4 Å². The number of hydrogen-bond acceptors (Lipinski definition) is 6. The van der Waals surface area contributed by atoms with Gasteiger partial charge >= 0.3 is 6.18 Å². The van der Waals surface area contributed by atoms with Gasteiger partial charge in [-0.3, -0.25) is 9.88 Å². The first-order chi connectivity index (χ1) is 13.9. The van der Waals surface area contributed by atoms with Gasteiger partial charge in [-0.15, -0.1) is 0 Å². The van der Waals surface area contributed by atoms with Gasteiger partial charge < -0.3 is 9.80 Å². The Morgan fingerprint density at radius 2 is 1.83 bits per heavy atom. The zero-order valence-electron chi connectivity index (χ0n) is 16.4. The van der Waals surface area contributed by atoms with Crippen molar-refractivity contribution in [3.8, 4) is 11.5 Å². The highest BCUT2D eigenvalue weighted by atomic mass is 19.4. The first kappa shape index (κ1) is 20.0. The van der Waals surface area contributed by atoms with Gasteiger partial charge in [0.15, 0.2) is 11.5 Å². The highest BCUT2D eigenvalue weighted by Crippen LogP contribution is 2.31. The fraction of sp³-hybridized carbons (Fsp3) is 0.550. The van der Waals surface area contributed by atoms with Gasteiger partial charge in [-0.25, -0.2) is 9.97 Å². The van der Waals surface area contributed by atoms with Crippen LogP contribution in [0.4, 0.5) is 19.0 Å². The predicted molar refractivity (Wildman–Crippen MR) is 105 cm³/mol. The molecule has 0 aromatic carbocycles. The van der Waals surface area contributed by atoms with Crippen molar-refractivity contribution >= 4 is 5.82 Å². The molecule has 2 fully saturated rings. The van der Waals surface area contributed by atoms with Crippen LogP contribution in [0.15, 0.2) is 30.5 Å². The van der Waals surface area contributed by atoms with Gasteiger partial charge in [0.1, 0.15) is 11.5 Å². The summed E-state index contributed by atoms with van der Waals surface area (Å²) in [6.07, 6.45) is -0.635. The van der Waals surface area contributed by atoms with E-state index in [4.69, 9.17) is 0 Å². The molecule has 4 heterocycles. The van der Waals surface area contributed by atoms with Gasteiger partial charge in [-0.05, 0) is 38.6 Å². The van der Waals surface area contributed by atoms with Crippen LogP contribution in [0.25, 0.3) is 11.5 Å². The number of aromatic nitrogens is 3. The van der Waals surface area contributed by atoms with Gasteiger partial charge in [0.25, 0.3) is 0 Å². The Hall–Kier alpha value is -2.26. The van der Waals surface area contributed by atoms with Crippen LogP contribution in [0.2, 0.25) is 0 Å². The summed E-state index contributed by atoms with van der Waals surface area (Å²) in [6, 6.07) is 6.62. The highest BCUT2D eigenvalue weighted by Gasteiger charge is 2.35. The molecule has 0 bridgehead atoms. The van der Waals surface area contributed by atoms with Crippen molar-refractivity contribution in [2.24, 2.45) is 0 Å². The van der Waals surface area contributed by atoms with Gasteiger partial charge in [-0.2, -0.15) is 13.2 Å². The molecular formula is C20H25F3N6. The van der Waals surface area contributed by atoms with Crippen LogP contribution in [0.3, 0.4) is 0 Å². The summed E-state index contributed by atoms with van der Waals surface area (Å²) in [4.78, 5) is 19.0. The lowest BCUT2D eigenvalue weighted by Crippen LogP contribution is -2.54. The van der Waals surface area contributed by atoms with Crippen LogP contribution in [-0.2, 0) is 6.18 Å². The molecule has 6 nitrogen and oxygen atoms in total. The molecular weight excluding hydrogens is 381 g/mol. The van der Waals surface area contributed by atoms with Crippen molar-refractivity contribution in [2.75, 3.05) is 51.2 Å².